The zero-order chi connectivity index (χ0) is 23.5. The van der Waals surface area contributed by atoms with Crippen LogP contribution in [0.15, 0.2) is 42.6 Å². The molecule has 32 heavy (non-hydrogen) atoms. The molecule has 0 spiro atoms. The number of halogens is 4. The summed E-state index contributed by atoms with van der Waals surface area (Å²) in [5.74, 6) is -1.82. The molecule has 0 atom stereocenters. The maximum atomic E-state index is 13.5. The number of benzene rings is 1. The Morgan fingerprint density at radius 1 is 1.16 bits per heavy atom. The predicted octanol–water partition coefficient (Wildman–Crippen LogP) is 6.25. The highest BCUT2D eigenvalue weighted by molar-refractivity contribution is 6.07. The molecule has 0 fully saturated rings. The minimum atomic E-state index is -4.71. The van der Waals surface area contributed by atoms with Crippen LogP contribution in [0.25, 0.3) is 0 Å². The number of aromatic nitrogens is 2. The van der Waals surface area contributed by atoms with E-state index in [1.165, 1.54) is 19.9 Å². The van der Waals surface area contributed by atoms with E-state index < -0.39 is 23.6 Å². The van der Waals surface area contributed by atoms with E-state index in [-0.39, 0.29) is 28.5 Å². The molecular weight excluding hydrogens is 426 g/mol. The Morgan fingerprint density at radius 3 is 2.56 bits per heavy atom. The number of nitrogens with one attached hydrogen (secondary N) is 1. The van der Waals surface area contributed by atoms with Gasteiger partial charge < -0.3 is 10.1 Å². The Hall–Kier alpha value is -3.49. The molecular formula is C23H21F4N3O2. The van der Waals surface area contributed by atoms with Gasteiger partial charge in [-0.05, 0) is 55.7 Å². The summed E-state index contributed by atoms with van der Waals surface area (Å²) in [6, 6.07) is 9.35. The van der Waals surface area contributed by atoms with Crippen LogP contribution >= 0.6 is 0 Å². The van der Waals surface area contributed by atoms with Crippen LogP contribution in [0.5, 0.6) is 11.6 Å². The third-order valence-corrected chi connectivity index (χ3v) is 4.77. The van der Waals surface area contributed by atoms with Crippen molar-refractivity contribution in [2.24, 2.45) is 0 Å². The standard InChI is InChI=1S/C23H21F4N3O2/c1-4-6-15-7-5-8-16(11-15)30-21(31)20-13(2)17(23(25,26)27)12-28-22(20)32-18-9-10-19(24)29-14(18)3/h5,7-12H,4,6H2,1-3H3,(H,30,31). The number of anilines is 1. The van der Waals surface area contributed by atoms with Gasteiger partial charge in [-0.15, -0.1) is 0 Å². The van der Waals surface area contributed by atoms with Crippen molar-refractivity contribution >= 4 is 11.6 Å². The number of hydrogen-bond donors (Lipinski definition) is 1. The Balaban J connectivity index is 2.04. The van der Waals surface area contributed by atoms with Crippen molar-refractivity contribution in [3.63, 3.8) is 0 Å². The summed E-state index contributed by atoms with van der Waals surface area (Å²) in [6.07, 6.45) is -2.41. The lowest BCUT2D eigenvalue weighted by Crippen LogP contribution is -2.19. The van der Waals surface area contributed by atoms with Crippen LogP contribution in [-0.2, 0) is 12.6 Å². The van der Waals surface area contributed by atoms with Gasteiger partial charge in [-0.1, -0.05) is 25.5 Å². The van der Waals surface area contributed by atoms with Gasteiger partial charge in [0.2, 0.25) is 11.8 Å². The first-order valence-electron chi connectivity index (χ1n) is 9.88. The second-order valence-electron chi connectivity index (χ2n) is 7.20. The number of carbonyl (C=O) groups is 1. The van der Waals surface area contributed by atoms with Gasteiger partial charge in [-0.2, -0.15) is 17.6 Å². The van der Waals surface area contributed by atoms with E-state index in [1.54, 1.807) is 18.2 Å². The maximum Gasteiger partial charge on any atom is 0.418 e. The van der Waals surface area contributed by atoms with E-state index in [1.807, 2.05) is 13.0 Å². The molecule has 9 heteroatoms. The van der Waals surface area contributed by atoms with Crippen LogP contribution in [0, 0.1) is 19.8 Å². The van der Waals surface area contributed by atoms with Gasteiger partial charge in [0.25, 0.3) is 5.91 Å². The molecule has 0 saturated heterocycles. The highest BCUT2D eigenvalue weighted by Gasteiger charge is 2.36. The third-order valence-electron chi connectivity index (χ3n) is 4.77. The molecule has 0 unspecified atom stereocenters. The van der Waals surface area contributed by atoms with Gasteiger partial charge in [0, 0.05) is 11.9 Å². The van der Waals surface area contributed by atoms with Crippen LogP contribution in [0.4, 0.5) is 23.2 Å². The summed E-state index contributed by atoms with van der Waals surface area (Å²) in [5, 5.41) is 2.62. The van der Waals surface area contributed by atoms with E-state index in [4.69, 9.17) is 4.74 Å². The van der Waals surface area contributed by atoms with Gasteiger partial charge in [0.1, 0.15) is 5.56 Å². The van der Waals surface area contributed by atoms with E-state index >= 15 is 0 Å². The molecule has 0 bridgehead atoms. The summed E-state index contributed by atoms with van der Waals surface area (Å²) in [7, 11) is 0. The number of aryl methyl sites for hydroxylation is 2. The van der Waals surface area contributed by atoms with Gasteiger partial charge in [-0.3, -0.25) is 4.79 Å². The van der Waals surface area contributed by atoms with Crippen molar-refractivity contribution in [2.75, 3.05) is 5.32 Å². The van der Waals surface area contributed by atoms with Crippen LogP contribution in [-0.4, -0.2) is 15.9 Å². The minimum absolute atomic E-state index is 0.0667. The smallest absolute Gasteiger partial charge is 0.418 e. The number of carbonyl (C=O) groups excluding carboxylic acids is 1. The van der Waals surface area contributed by atoms with E-state index in [2.05, 4.69) is 15.3 Å². The molecule has 1 N–H and O–H groups in total. The largest absolute Gasteiger partial charge is 0.436 e. The summed E-state index contributed by atoms with van der Waals surface area (Å²) >= 11 is 0. The van der Waals surface area contributed by atoms with Crippen molar-refractivity contribution < 1.29 is 27.1 Å². The first kappa shape index (κ1) is 23.2. The Morgan fingerprint density at radius 2 is 1.91 bits per heavy atom. The van der Waals surface area contributed by atoms with Crippen molar-refractivity contribution in [1.82, 2.24) is 9.97 Å². The Kier molecular flexibility index (Phi) is 6.76. The predicted molar refractivity (Wildman–Crippen MR) is 111 cm³/mol. The summed E-state index contributed by atoms with van der Waals surface area (Å²) in [5.41, 5.74) is -0.189. The molecule has 5 nitrogen and oxygen atoms in total. The molecule has 0 radical (unpaired) electrons. The summed E-state index contributed by atoms with van der Waals surface area (Å²) in [6.45, 7) is 4.66. The first-order chi connectivity index (χ1) is 15.1. The quantitative estimate of drug-likeness (QED) is 0.358. The Bertz CT molecular complexity index is 1150. The fourth-order valence-corrected chi connectivity index (χ4v) is 3.23. The van der Waals surface area contributed by atoms with Crippen LogP contribution in [0.3, 0.4) is 0 Å². The SMILES string of the molecule is CCCc1cccc(NC(=O)c2c(Oc3ccc(F)nc3C)ncc(C(F)(F)F)c2C)c1. The molecule has 1 aromatic carbocycles. The van der Waals surface area contributed by atoms with E-state index in [9.17, 15) is 22.4 Å². The molecule has 3 rings (SSSR count). The fourth-order valence-electron chi connectivity index (χ4n) is 3.23. The molecule has 2 aromatic heterocycles. The van der Waals surface area contributed by atoms with E-state index in [0.717, 1.165) is 24.5 Å². The van der Waals surface area contributed by atoms with Crippen LogP contribution in [0.2, 0.25) is 0 Å². The van der Waals surface area contributed by atoms with Crippen LogP contribution < -0.4 is 10.1 Å². The van der Waals surface area contributed by atoms with Gasteiger partial charge >= 0.3 is 6.18 Å². The van der Waals surface area contributed by atoms with Crippen molar-refractivity contribution in [3.8, 4) is 11.6 Å². The van der Waals surface area contributed by atoms with Gasteiger partial charge in [0.05, 0.1) is 11.3 Å². The normalized spacial score (nSPS) is 11.3. The maximum absolute atomic E-state index is 13.5. The number of alkyl halides is 3. The highest BCUT2D eigenvalue weighted by Crippen LogP contribution is 2.36. The zero-order valence-corrected chi connectivity index (χ0v) is 17.7. The van der Waals surface area contributed by atoms with Gasteiger partial charge in [0.15, 0.2) is 5.75 Å². The molecule has 168 valence electrons. The molecule has 2 heterocycles. The number of amides is 1. The second-order valence-corrected chi connectivity index (χ2v) is 7.20. The molecule has 0 aliphatic heterocycles. The number of hydrogen-bond acceptors (Lipinski definition) is 4. The monoisotopic (exact) mass is 447 g/mol. The zero-order valence-electron chi connectivity index (χ0n) is 17.7. The van der Waals surface area contributed by atoms with Crippen LogP contribution in [0.1, 0.15) is 46.1 Å². The molecule has 3 aromatic rings. The minimum Gasteiger partial charge on any atom is -0.436 e. The Labute approximate surface area is 182 Å². The average molecular weight is 447 g/mol. The molecule has 0 saturated carbocycles. The lowest BCUT2D eigenvalue weighted by atomic mass is 10.0. The summed E-state index contributed by atoms with van der Waals surface area (Å²) < 4.78 is 59.3. The number of nitrogens with zero attached hydrogens (tertiary/aromatic N) is 2. The first-order valence-corrected chi connectivity index (χ1v) is 9.88. The van der Waals surface area contributed by atoms with Crippen molar-refractivity contribution in [2.45, 2.75) is 39.8 Å². The lowest BCUT2D eigenvalue weighted by Gasteiger charge is -2.17. The van der Waals surface area contributed by atoms with Gasteiger partial charge in [-0.25, -0.2) is 9.97 Å². The van der Waals surface area contributed by atoms with E-state index in [0.29, 0.717) is 11.9 Å². The second kappa shape index (κ2) is 9.33. The molecule has 0 aliphatic carbocycles. The number of ether oxygens (including phenoxy) is 1. The van der Waals surface area contributed by atoms with Crippen molar-refractivity contribution in [3.05, 3.63) is 76.5 Å². The number of pyridine rings is 2. The van der Waals surface area contributed by atoms with Crippen molar-refractivity contribution in [1.29, 1.82) is 0 Å². The highest BCUT2D eigenvalue weighted by atomic mass is 19.4. The fraction of sp³-hybridized carbons (Fsp3) is 0.261. The molecule has 0 aliphatic rings. The average Bonchev–Trinajstić information content (AvgIpc) is 2.69. The third kappa shape index (κ3) is 5.22. The number of rotatable bonds is 6. The topological polar surface area (TPSA) is 64.1 Å². The summed E-state index contributed by atoms with van der Waals surface area (Å²) in [4.78, 5) is 20.4. The lowest BCUT2D eigenvalue weighted by molar-refractivity contribution is -0.138. The molecule has 1 amide bonds.